The van der Waals surface area contributed by atoms with Crippen LogP contribution in [0.3, 0.4) is 0 Å². The lowest BCUT2D eigenvalue weighted by Gasteiger charge is -2.24. The molecular formula is C9H19O3PS2. The predicted octanol–water partition coefficient (Wildman–Crippen LogP) is 2.93. The Morgan fingerprint density at radius 1 is 1.33 bits per heavy atom. The summed E-state index contributed by atoms with van der Waals surface area (Å²) in [6.45, 7) is 5.00. The lowest BCUT2D eigenvalue weighted by molar-refractivity contribution is 0.188. The lowest BCUT2D eigenvalue weighted by Crippen LogP contribution is -2.15. The fraction of sp³-hybridized carbons (Fsp3) is 1.00. The number of hydrogen-bond donors (Lipinski definition) is 1. The van der Waals surface area contributed by atoms with Crippen LogP contribution in [0.5, 0.6) is 0 Å². The fourth-order valence-electron chi connectivity index (χ4n) is 1.61. The van der Waals surface area contributed by atoms with E-state index in [-0.39, 0.29) is 11.4 Å². The van der Waals surface area contributed by atoms with Crippen LogP contribution >= 0.6 is 17.1 Å². The van der Waals surface area contributed by atoms with Crippen LogP contribution in [0.15, 0.2) is 0 Å². The first-order valence-corrected chi connectivity index (χ1v) is 9.49. The van der Waals surface area contributed by atoms with E-state index in [9.17, 15) is 5.11 Å². The Morgan fingerprint density at radius 3 is 2.33 bits per heavy atom. The molecule has 1 saturated carbocycles. The van der Waals surface area contributed by atoms with Gasteiger partial charge in [-0.2, -0.15) is 0 Å². The van der Waals surface area contributed by atoms with Gasteiger partial charge < -0.3 is 14.2 Å². The highest BCUT2D eigenvalue weighted by molar-refractivity contribution is 8.68. The van der Waals surface area contributed by atoms with Gasteiger partial charge in [-0.05, 0) is 44.9 Å². The van der Waals surface area contributed by atoms with E-state index in [1.54, 1.807) is 11.4 Å². The monoisotopic (exact) mass is 270 g/mol. The maximum atomic E-state index is 9.73. The predicted molar refractivity (Wildman–Crippen MR) is 68.8 cm³/mol. The van der Waals surface area contributed by atoms with Gasteiger partial charge in [-0.15, -0.1) is 0 Å². The summed E-state index contributed by atoms with van der Waals surface area (Å²) in [5, 5.41) is 9.93. The van der Waals surface area contributed by atoms with E-state index in [0.717, 1.165) is 19.3 Å². The normalized spacial score (nSPS) is 27.1. The minimum absolute atomic E-state index is 0.203. The van der Waals surface area contributed by atoms with Crippen LogP contribution in [-0.4, -0.2) is 29.7 Å². The summed E-state index contributed by atoms with van der Waals surface area (Å²) in [5.74, 6) is 0. The first-order chi connectivity index (χ1) is 7.11. The van der Waals surface area contributed by atoms with Crippen molar-refractivity contribution in [1.29, 1.82) is 0 Å². The lowest BCUT2D eigenvalue weighted by atomic mass is 10.3. The summed E-state index contributed by atoms with van der Waals surface area (Å²) in [6.07, 6.45) is 2.74. The molecule has 15 heavy (non-hydrogen) atoms. The highest BCUT2D eigenvalue weighted by Gasteiger charge is 2.32. The molecule has 0 aromatic rings. The third kappa shape index (κ3) is 4.33. The SMILES string of the molecule is CCOP(=S)(OCC)S[C@H]1CCC[C@@H]1O. The molecule has 3 nitrogen and oxygen atoms in total. The zero-order valence-electron chi connectivity index (χ0n) is 9.22. The van der Waals surface area contributed by atoms with Gasteiger partial charge in [0.05, 0.1) is 19.3 Å². The molecule has 0 aliphatic heterocycles. The summed E-state index contributed by atoms with van der Waals surface area (Å²) in [6, 6.07) is 0. The molecule has 0 aromatic heterocycles. The van der Waals surface area contributed by atoms with Crippen molar-refractivity contribution < 1.29 is 14.2 Å². The zero-order valence-corrected chi connectivity index (χ0v) is 11.7. The van der Waals surface area contributed by atoms with Crippen molar-refractivity contribution in [2.24, 2.45) is 0 Å². The molecule has 1 rings (SSSR count). The first kappa shape index (κ1) is 13.9. The van der Waals surface area contributed by atoms with E-state index < -0.39 is 5.69 Å². The van der Waals surface area contributed by atoms with Crippen molar-refractivity contribution in [2.45, 2.75) is 44.5 Å². The molecule has 0 amide bonds. The van der Waals surface area contributed by atoms with Crippen molar-refractivity contribution in [1.82, 2.24) is 0 Å². The summed E-state index contributed by atoms with van der Waals surface area (Å²) in [5.41, 5.74) is -2.22. The second kappa shape index (κ2) is 6.58. The Morgan fingerprint density at radius 2 is 1.93 bits per heavy atom. The van der Waals surface area contributed by atoms with Gasteiger partial charge in [0.15, 0.2) is 0 Å². The molecule has 0 spiro atoms. The number of aliphatic hydroxyl groups is 1. The largest absolute Gasteiger partial charge is 0.392 e. The van der Waals surface area contributed by atoms with Gasteiger partial charge in [0, 0.05) is 5.25 Å². The molecule has 0 aromatic carbocycles. The van der Waals surface area contributed by atoms with Crippen molar-refractivity contribution in [3.8, 4) is 0 Å². The van der Waals surface area contributed by atoms with Gasteiger partial charge in [-0.1, -0.05) is 11.4 Å². The summed E-state index contributed by atoms with van der Waals surface area (Å²) < 4.78 is 11.1. The van der Waals surface area contributed by atoms with E-state index in [2.05, 4.69) is 0 Å². The quantitative estimate of drug-likeness (QED) is 0.751. The molecule has 2 atom stereocenters. The molecule has 1 aliphatic carbocycles. The van der Waals surface area contributed by atoms with Crippen molar-refractivity contribution >= 4 is 28.9 Å². The maximum Gasteiger partial charge on any atom is 0.247 e. The number of aliphatic hydroxyl groups excluding tert-OH is 1. The van der Waals surface area contributed by atoms with E-state index in [4.69, 9.17) is 20.9 Å². The van der Waals surface area contributed by atoms with Crippen LogP contribution in [0, 0.1) is 0 Å². The van der Waals surface area contributed by atoms with E-state index in [0.29, 0.717) is 13.2 Å². The molecule has 1 fully saturated rings. The second-order valence-corrected chi connectivity index (χ2v) is 9.86. The minimum atomic E-state index is -2.22. The number of hydrogen-bond acceptors (Lipinski definition) is 5. The van der Waals surface area contributed by atoms with Gasteiger partial charge in [0.1, 0.15) is 0 Å². The highest BCUT2D eigenvalue weighted by Crippen LogP contribution is 2.64. The Bertz CT molecular complexity index is 227. The zero-order chi connectivity index (χ0) is 11.3. The summed E-state index contributed by atoms with van der Waals surface area (Å²) in [4.78, 5) is 0. The van der Waals surface area contributed by atoms with Gasteiger partial charge in [0.25, 0.3) is 0 Å². The molecule has 0 unspecified atom stereocenters. The molecule has 0 heterocycles. The highest BCUT2D eigenvalue weighted by atomic mass is 32.9. The Kier molecular flexibility index (Phi) is 6.11. The Balaban J connectivity index is 2.53. The standard InChI is InChI=1S/C9H19O3PS2/c1-3-11-13(14,12-4-2)15-9-7-5-6-8(9)10/h8-10H,3-7H2,1-2H3/t8-,9-/m0/s1. The molecule has 0 bridgehead atoms. The average Bonchev–Trinajstić information content (AvgIpc) is 2.52. The smallest absolute Gasteiger partial charge is 0.247 e. The van der Waals surface area contributed by atoms with Gasteiger partial charge >= 0.3 is 0 Å². The average molecular weight is 270 g/mol. The second-order valence-electron chi connectivity index (χ2n) is 3.42. The fourth-order valence-corrected chi connectivity index (χ4v) is 7.68. The van der Waals surface area contributed by atoms with E-state index >= 15 is 0 Å². The van der Waals surface area contributed by atoms with Gasteiger partial charge in [0.2, 0.25) is 5.69 Å². The molecule has 90 valence electrons. The number of rotatable bonds is 6. The third-order valence-electron chi connectivity index (χ3n) is 2.26. The van der Waals surface area contributed by atoms with Crippen LogP contribution in [-0.2, 0) is 20.9 Å². The molecule has 6 heteroatoms. The molecule has 1 N–H and O–H groups in total. The molecular weight excluding hydrogens is 251 g/mol. The topological polar surface area (TPSA) is 38.7 Å². The van der Waals surface area contributed by atoms with Crippen LogP contribution in [0.4, 0.5) is 0 Å². The Hall–Kier alpha value is 0.880. The third-order valence-corrected chi connectivity index (χ3v) is 8.11. The van der Waals surface area contributed by atoms with Crippen LogP contribution in [0.1, 0.15) is 33.1 Å². The first-order valence-electron chi connectivity index (χ1n) is 5.37. The summed E-state index contributed by atoms with van der Waals surface area (Å²) >= 11 is 6.95. The van der Waals surface area contributed by atoms with Gasteiger partial charge in [-0.3, -0.25) is 0 Å². The molecule has 0 saturated heterocycles. The van der Waals surface area contributed by atoms with E-state index in [1.807, 2.05) is 13.8 Å². The van der Waals surface area contributed by atoms with E-state index in [1.165, 1.54) is 0 Å². The molecule has 1 aliphatic rings. The van der Waals surface area contributed by atoms with Crippen LogP contribution in [0.2, 0.25) is 0 Å². The van der Waals surface area contributed by atoms with Crippen molar-refractivity contribution in [3.05, 3.63) is 0 Å². The minimum Gasteiger partial charge on any atom is -0.392 e. The van der Waals surface area contributed by atoms with Crippen molar-refractivity contribution in [3.63, 3.8) is 0 Å². The van der Waals surface area contributed by atoms with Crippen LogP contribution in [0.25, 0.3) is 0 Å². The maximum absolute atomic E-state index is 9.73. The van der Waals surface area contributed by atoms with Gasteiger partial charge in [-0.25, -0.2) is 0 Å². The Labute approximate surface area is 101 Å². The summed E-state index contributed by atoms with van der Waals surface area (Å²) in [7, 11) is 0. The van der Waals surface area contributed by atoms with Crippen LogP contribution < -0.4 is 0 Å². The van der Waals surface area contributed by atoms with Crippen molar-refractivity contribution in [2.75, 3.05) is 13.2 Å². The molecule has 0 radical (unpaired) electrons.